The number of phenolic OH excluding ortho intramolecular Hbond substituents is 1. The Bertz CT molecular complexity index is 1070. The van der Waals surface area contributed by atoms with Crippen LogP contribution in [0.3, 0.4) is 0 Å². The number of phenols is 1. The standard InChI is InChI=1S/C24H19NO3/c1-28-22-12-10-17(11-13-22)14-19-15-23(18-6-3-2-4-7-18)25(24(19)27)20-8-5-9-21(26)16-20/h2-16,26H,1H3/b19-14+. The third kappa shape index (κ3) is 3.40. The molecule has 0 spiro atoms. The highest BCUT2D eigenvalue weighted by Gasteiger charge is 2.30. The van der Waals surface area contributed by atoms with Crippen molar-refractivity contribution in [1.29, 1.82) is 0 Å². The minimum atomic E-state index is -0.139. The first kappa shape index (κ1) is 17.6. The fourth-order valence-electron chi connectivity index (χ4n) is 3.20. The summed E-state index contributed by atoms with van der Waals surface area (Å²) in [4.78, 5) is 14.9. The maximum absolute atomic E-state index is 13.2. The Labute approximate surface area is 163 Å². The van der Waals surface area contributed by atoms with Crippen molar-refractivity contribution in [2.45, 2.75) is 0 Å². The predicted molar refractivity (Wildman–Crippen MR) is 111 cm³/mol. The quantitative estimate of drug-likeness (QED) is 0.668. The number of ether oxygens (including phenoxy) is 1. The molecule has 0 unspecified atom stereocenters. The molecular weight excluding hydrogens is 350 g/mol. The zero-order valence-corrected chi connectivity index (χ0v) is 15.4. The number of benzene rings is 3. The van der Waals surface area contributed by atoms with Crippen molar-refractivity contribution in [1.82, 2.24) is 0 Å². The number of carbonyl (C=O) groups excluding carboxylic acids is 1. The predicted octanol–water partition coefficient (Wildman–Crippen LogP) is 4.87. The molecule has 1 N–H and O–H groups in total. The van der Waals surface area contributed by atoms with E-state index in [-0.39, 0.29) is 11.7 Å². The summed E-state index contributed by atoms with van der Waals surface area (Å²) in [5.74, 6) is 0.743. The molecule has 0 bridgehead atoms. The highest BCUT2D eigenvalue weighted by Crippen LogP contribution is 2.36. The zero-order chi connectivity index (χ0) is 19.5. The molecule has 1 aliphatic rings. The van der Waals surface area contributed by atoms with Gasteiger partial charge in [-0.2, -0.15) is 0 Å². The average Bonchev–Trinajstić information content (AvgIpc) is 3.05. The van der Waals surface area contributed by atoms with Gasteiger partial charge in [0.25, 0.3) is 5.91 Å². The van der Waals surface area contributed by atoms with Crippen LogP contribution in [0.25, 0.3) is 11.8 Å². The fraction of sp³-hybridized carbons (Fsp3) is 0.0417. The lowest BCUT2D eigenvalue weighted by molar-refractivity contribution is -0.113. The molecule has 0 fully saturated rings. The third-order valence-electron chi connectivity index (χ3n) is 4.58. The molecule has 4 heteroatoms. The van der Waals surface area contributed by atoms with E-state index in [9.17, 15) is 9.90 Å². The number of nitrogens with zero attached hydrogens (tertiary/aromatic N) is 1. The summed E-state index contributed by atoms with van der Waals surface area (Å²) in [6.45, 7) is 0. The molecule has 0 aromatic heterocycles. The molecule has 4 nitrogen and oxygen atoms in total. The minimum Gasteiger partial charge on any atom is -0.508 e. The van der Waals surface area contributed by atoms with Crippen LogP contribution in [0.5, 0.6) is 11.5 Å². The SMILES string of the molecule is COc1ccc(/C=C2\C=C(c3ccccc3)N(c3cccc(O)c3)C2=O)cc1. The second-order valence-electron chi connectivity index (χ2n) is 6.43. The van der Waals surface area contributed by atoms with Crippen LogP contribution in [0.15, 0.2) is 90.5 Å². The number of amides is 1. The molecule has 28 heavy (non-hydrogen) atoms. The molecule has 3 aromatic rings. The third-order valence-corrected chi connectivity index (χ3v) is 4.58. The smallest absolute Gasteiger partial charge is 0.262 e. The molecule has 4 rings (SSSR count). The normalized spacial score (nSPS) is 15.0. The van der Waals surface area contributed by atoms with Gasteiger partial charge in [-0.3, -0.25) is 9.69 Å². The summed E-state index contributed by atoms with van der Waals surface area (Å²) in [6.07, 6.45) is 3.74. The van der Waals surface area contributed by atoms with Crippen molar-refractivity contribution in [3.8, 4) is 11.5 Å². The number of hydrogen-bond donors (Lipinski definition) is 1. The van der Waals surface area contributed by atoms with Gasteiger partial charge in [-0.05, 0) is 47.5 Å². The van der Waals surface area contributed by atoms with Gasteiger partial charge in [-0.1, -0.05) is 48.5 Å². The Morgan fingerprint density at radius 1 is 0.929 bits per heavy atom. The average molecular weight is 369 g/mol. The molecule has 0 atom stereocenters. The molecule has 1 amide bonds. The van der Waals surface area contributed by atoms with Crippen LogP contribution in [0, 0.1) is 0 Å². The van der Waals surface area contributed by atoms with Gasteiger partial charge in [0.05, 0.1) is 18.5 Å². The van der Waals surface area contributed by atoms with Gasteiger partial charge in [-0.15, -0.1) is 0 Å². The van der Waals surface area contributed by atoms with E-state index in [1.807, 2.05) is 72.8 Å². The van der Waals surface area contributed by atoms with Crippen LogP contribution in [0.2, 0.25) is 0 Å². The van der Waals surface area contributed by atoms with E-state index in [1.165, 1.54) is 0 Å². The Morgan fingerprint density at radius 3 is 2.36 bits per heavy atom. The molecule has 3 aromatic carbocycles. The Balaban J connectivity index is 1.79. The summed E-state index contributed by atoms with van der Waals surface area (Å²) in [5.41, 5.74) is 3.81. The van der Waals surface area contributed by atoms with Crippen molar-refractivity contribution in [2.75, 3.05) is 12.0 Å². The molecule has 1 aliphatic heterocycles. The van der Waals surface area contributed by atoms with Gasteiger partial charge in [0.1, 0.15) is 11.5 Å². The molecular formula is C24H19NO3. The van der Waals surface area contributed by atoms with Gasteiger partial charge in [-0.25, -0.2) is 0 Å². The largest absolute Gasteiger partial charge is 0.508 e. The fourth-order valence-corrected chi connectivity index (χ4v) is 3.20. The first-order valence-electron chi connectivity index (χ1n) is 8.92. The zero-order valence-electron chi connectivity index (χ0n) is 15.4. The second kappa shape index (κ2) is 7.45. The topological polar surface area (TPSA) is 49.8 Å². The first-order chi connectivity index (χ1) is 13.7. The molecule has 0 aliphatic carbocycles. The molecule has 0 saturated heterocycles. The molecule has 138 valence electrons. The summed E-state index contributed by atoms with van der Waals surface area (Å²) in [6, 6.07) is 24.0. The van der Waals surface area contributed by atoms with E-state index < -0.39 is 0 Å². The van der Waals surface area contributed by atoms with Crippen LogP contribution >= 0.6 is 0 Å². The van der Waals surface area contributed by atoms with Gasteiger partial charge in [0.2, 0.25) is 0 Å². The number of carbonyl (C=O) groups is 1. The van der Waals surface area contributed by atoms with E-state index >= 15 is 0 Å². The van der Waals surface area contributed by atoms with Crippen molar-refractivity contribution in [3.05, 3.63) is 102 Å². The van der Waals surface area contributed by atoms with Crippen LogP contribution in [-0.2, 0) is 4.79 Å². The molecule has 0 saturated carbocycles. The lowest BCUT2D eigenvalue weighted by atomic mass is 10.1. The Morgan fingerprint density at radius 2 is 1.68 bits per heavy atom. The number of methoxy groups -OCH3 is 1. The van der Waals surface area contributed by atoms with E-state index in [0.29, 0.717) is 11.3 Å². The second-order valence-corrected chi connectivity index (χ2v) is 6.43. The Hall–Kier alpha value is -3.79. The molecule has 0 radical (unpaired) electrons. The van der Waals surface area contributed by atoms with Gasteiger partial charge in [0.15, 0.2) is 0 Å². The first-order valence-corrected chi connectivity index (χ1v) is 8.92. The number of hydrogen-bond acceptors (Lipinski definition) is 3. The summed E-state index contributed by atoms with van der Waals surface area (Å²) >= 11 is 0. The van der Waals surface area contributed by atoms with Crippen molar-refractivity contribution in [3.63, 3.8) is 0 Å². The lowest BCUT2D eigenvalue weighted by Gasteiger charge is -2.21. The maximum atomic E-state index is 13.2. The number of aromatic hydroxyl groups is 1. The van der Waals surface area contributed by atoms with E-state index in [1.54, 1.807) is 30.2 Å². The van der Waals surface area contributed by atoms with Crippen LogP contribution < -0.4 is 9.64 Å². The van der Waals surface area contributed by atoms with Gasteiger partial charge in [0, 0.05) is 11.6 Å². The van der Waals surface area contributed by atoms with Gasteiger partial charge >= 0.3 is 0 Å². The summed E-state index contributed by atoms with van der Waals surface area (Å²) in [5, 5.41) is 9.88. The number of rotatable bonds is 4. The summed E-state index contributed by atoms with van der Waals surface area (Å²) < 4.78 is 5.19. The maximum Gasteiger partial charge on any atom is 0.262 e. The van der Waals surface area contributed by atoms with E-state index in [4.69, 9.17) is 4.74 Å². The van der Waals surface area contributed by atoms with Crippen LogP contribution in [0.4, 0.5) is 5.69 Å². The number of anilines is 1. The van der Waals surface area contributed by atoms with Crippen molar-refractivity contribution in [2.24, 2.45) is 0 Å². The Kier molecular flexibility index (Phi) is 4.68. The highest BCUT2D eigenvalue weighted by molar-refractivity contribution is 6.23. The van der Waals surface area contributed by atoms with E-state index in [0.717, 1.165) is 22.6 Å². The molecule has 1 heterocycles. The minimum absolute atomic E-state index is 0.116. The monoisotopic (exact) mass is 369 g/mol. The van der Waals surface area contributed by atoms with Crippen LogP contribution in [-0.4, -0.2) is 18.1 Å². The van der Waals surface area contributed by atoms with Crippen LogP contribution in [0.1, 0.15) is 11.1 Å². The highest BCUT2D eigenvalue weighted by atomic mass is 16.5. The lowest BCUT2D eigenvalue weighted by Crippen LogP contribution is -2.24. The van der Waals surface area contributed by atoms with Crippen molar-refractivity contribution < 1.29 is 14.6 Å². The summed E-state index contributed by atoms with van der Waals surface area (Å²) in [7, 11) is 1.62. The van der Waals surface area contributed by atoms with Crippen molar-refractivity contribution >= 4 is 23.4 Å². The van der Waals surface area contributed by atoms with E-state index in [2.05, 4.69) is 0 Å². The van der Waals surface area contributed by atoms with Gasteiger partial charge < -0.3 is 9.84 Å².